The Morgan fingerprint density at radius 3 is 2.89 bits per heavy atom. The Labute approximate surface area is 126 Å². The first kappa shape index (κ1) is 15.1. The number of benzene rings is 1. The predicted octanol–water partition coefficient (Wildman–Crippen LogP) is 4.13. The van der Waals surface area contributed by atoms with E-state index in [1.54, 1.807) is 0 Å². The van der Waals surface area contributed by atoms with Crippen molar-refractivity contribution < 1.29 is 0 Å². The topological polar surface area (TPSA) is 15.3 Å². The summed E-state index contributed by atoms with van der Waals surface area (Å²) in [6, 6.07) is 6.50. The maximum atomic E-state index is 6.23. The number of likely N-dealkylation sites (N-methyl/N-ethyl adjacent to an activating group) is 1. The summed E-state index contributed by atoms with van der Waals surface area (Å²) in [6.07, 6.45) is 3.94. The number of piperidine rings is 1. The molecule has 1 aliphatic heterocycles. The summed E-state index contributed by atoms with van der Waals surface area (Å²) >= 11 is 12.3. The highest BCUT2D eigenvalue weighted by molar-refractivity contribution is 6.33. The van der Waals surface area contributed by atoms with Gasteiger partial charge in [0.05, 0.1) is 0 Å². The standard InChI is InChI=1S/C15H22Cl2N2/c1-11(14-9-12(16)6-7-15(14)17)18-10-13-5-3-4-8-19(13)2/h6-7,9,11,13,18H,3-5,8,10H2,1-2H3. The quantitative estimate of drug-likeness (QED) is 0.899. The van der Waals surface area contributed by atoms with E-state index in [-0.39, 0.29) is 6.04 Å². The second kappa shape index (κ2) is 6.94. The number of likely N-dealkylation sites (tertiary alicyclic amines) is 1. The van der Waals surface area contributed by atoms with Crippen LogP contribution in [0.2, 0.25) is 10.0 Å². The highest BCUT2D eigenvalue weighted by Gasteiger charge is 2.19. The van der Waals surface area contributed by atoms with Crippen molar-refractivity contribution in [2.24, 2.45) is 0 Å². The fraction of sp³-hybridized carbons (Fsp3) is 0.600. The van der Waals surface area contributed by atoms with Crippen molar-refractivity contribution in [3.63, 3.8) is 0 Å². The second-order valence-corrected chi connectivity index (χ2v) is 6.27. The lowest BCUT2D eigenvalue weighted by atomic mass is 10.0. The van der Waals surface area contributed by atoms with Gasteiger partial charge in [-0.1, -0.05) is 29.6 Å². The summed E-state index contributed by atoms with van der Waals surface area (Å²) in [5, 5.41) is 5.10. The van der Waals surface area contributed by atoms with Crippen LogP contribution >= 0.6 is 23.2 Å². The van der Waals surface area contributed by atoms with Gasteiger partial charge in [-0.2, -0.15) is 0 Å². The molecule has 1 heterocycles. The van der Waals surface area contributed by atoms with Gasteiger partial charge < -0.3 is 10.2 Å². The molecule has 106 valence electrons. The van der Waals surface area contributed by atoms with Crippen molar-refractivity contribution in [3.8, 4) is 0 Å². The Hall–Kier alpha value is -0.280. The maximum absolute atomic E-state index is 6.23. The average Bonchev–Trinajstić information content (AvgIpc) is 2.40. The average molecular weight is 301 g/mol. The normalized spacial score (nSPS) is 22.4. The molecule has 1 aliphatic rings. The summed E-state index contributed by atoms with van der Waals surface area (Å²) in [4.78, 5) is 2.45. The van der Waals surface area contributed by atoms with Crippen LogP contribution in [0.3, 0.4) is 0 Å². The third-order valence-corrected chi connectivity index (χ3v) is 4.59. The molecule has 2 nitrogen and oxygen atoms in total. The summed E-state index contributed by atoms with van der Waals surface area (Å²) in [5.74, 6) is 0. The maximum Gasteiger partial charge on any atom is 0.0454 e. The minimum absolute atomic E-state index is 0.224. The molecule has 2 atom stereocenters. The summed E-state index contributed by atoms with van der Waals surface area (Å²) in [7, 11) is 2.21. The van der Waals surface area contributed by atoms with Crippen molar-refractivity contribution in [2.45, 2.75) is 38.3 Å². The second-order valence-electron chi connectivity index (χ2n) is 5.43. The molecule has 0 amide bonds. The zero-order valence-electron chi connectivity index (χ0n) is 11.6. The molecule has 1 fully saturated rings. The molecule has 1 saturated heterocycles. The van der Waals surface area contributed by atoms with Gasteiger partial charge in [-0.05, 0) is 57.1 Å². The van der Waals surface area contributed by atoms with Gasteiger partial charge in [0.1, 0.15) is 0 Å². The van der Waals surface area contributed by atoms with Gasteiger partial charge in [0.2, 0.25) is 0 Å². The molecular weight excluding hydrogens is 279 g/mol. The van der Waals surface area contributed by atoms with E-state index in [1.807, 2.05) is 18.2 Å². The molecule has 19 heavy (non-hydrogen) atoms. The highest BCUT2D eigenvalue weighted by Crippen LogP contribution is 2.26. The first-order chi connectivity index (χ1) is 9.08. The van der Waals surface area contributed by atoms with Crippen LogP contribution in [0.15, 0.2) is 18.2 Å². The van der Waals surface area contributed by atoms with E-state index in [2.05, 4.69) is 24.2 Å². The van der Waals surface area contributed by atoms with Crippen LogP contribution in [0.5, 0.6) is 0 Å². The van der Waals surface area contributed by atoms with Gasteiger partial charge in [0.25, 0.3) is 0 Å². The van der Waals surface area contributed by atoms with Crippen molar-refractivity contribution in [2.75, 3.05) is 20.1 Å². The minimum atomic E-state index is 0.224. The SMILES string of the molecule is CC(NCC1CCCCN1C)c1cc(Cl)ccc1Cl. The monoisotopic (exact) mass is 300 g/mol. The van der Waals surface area contributed by atoms with Crippen LogP contribution < -0.4 is 5.32 Å². The highest BCUT2D eigenvalue weighted by atomic mass is 35.5. The van der Waals surface area contributed by atoms with E-state index < -0.39 is 0 Å². The van der Waals surface area contributed by atoms with Crippen molar-refractivity contribution in [1.82, 2.24) is 10.2 Å². The number of halogens is 2. The minimum Gasteiger partial charge on any atom is -0.309 e. The summed E-state index contributed by atoms with van der Waals surface area (Å²) in [5.41, 5.74) is 1.08. The number of nitrogens with one attached hydrogen (secondary N) is 1. The number of hydrogen-bond acceptors (Lipinski definition) is 2. The van der Waals surface area contributed by atoms with Crippen LogP contribution in [0.25, 0.3) is 0 Å². The molecule has 1 N–H and O–H groups in total. The van der Waals surface area contributed by atoms with Crippen molar-refractivity contribution in [3.05, 3.63) is 33.8 Å². The lowest BCUT2D eigenvalue weighted by Gasteiger charge is -2.33. The number of rotatable bonds is 4. The zero-order valence-corrected chi connectivity index (χ0v) is 13.1. The lowest BCUT2D eigenvalue weighted by molar-refractivity contribution is 0.178. The molecule has 0 spiro atoms. The first-order valence-corrected chi connectivity index (χ1v) is 7.72. The molecule has 1 aromatic rings. The van der Waals surface area contributed by atoms with Crippen LogP contribution in [0, 0.1) is 0 Å². The fourth-order valence-electron chi connectivity index (χ4n) is 2.67. The third kappa shape index (κ3) is 4.09. The molecule has 2 unspecified atom stereocenters. The Balaban J connectivity index is 1.93. The lowest BCUT2D eigenvalue weighted by Crippen LogP contribution is -2.43. The van der Waals surface area contributed by atoms with Gasteiger partial charge in [0, 0.05) is 28.7 Å². The number of nitrogens with zero attached hydrogens (tertiary/aromatic N) is 1. The molecule has 0 radical (unpaired) electrons. The molecule has 4 heteroatoms. The van der Waals surface area contributed by atoms with Crippen LogP contribution in [-0.4, -0.2) is 31.1 Å². The third-order valence-electron chi connectivity index (χ3n) is 4.01. The fourth-order valence-corrected chi connectivity index (χ4v) is 3.13. The first-order valence-electron chi connectivity index (χ1n) is 6.96. The molecule has 0 aromatic heterocycles. The molecule has 2 rings (SSSR count). The van der Waals surface area contributed by atoms with E-state index in [9.17, 15) is 0 Å². The van der Waals surface area contributed by atoms with E-state index in [0.29, 0.717) is 6.04 Å². The van der Waals surface area contributed by atoms with Crippen molar-refractivity contribution >= 4 is 23.2 Å². The van der Waals surface area contributed by atoms with Gasteiger partial charge in [-0.25, -0.2) is 0 Å². The zero-order chi connectivity index (χ0) is 13.8. The Morgan fingerprint density at radius 2 is 2.16 bits per heavy atom. The summed E-state index contributed by atoms with van der Waals surface area (Å²) < 4.78 is 0. The van der Waals surface area contributed by atoms with Gasteiger partial charge in [-0.15, -0.1) is 0 Å². The van der Waals surface area contributed by atoms with E-state index in [0.717, 1.165) is 22.2 Å². The Kier molecular flexibility index (Phi) is 5.52. The van der Waals surface area contributed by atoms with E-state index in [4.69, 9.17) is 23.2 Å². The van der Waals surface area contributed by atoms with Crippen LogP contribution in [0.4, 0.5) is 0 Å². The van der Waals surface area contributed by atoms with E-state index >= 15 is 0 Å². The van der Waals surface area contributed by atoms with Crippen molar-refractivity contribution in [1.29, 1.82) is 0 Å². The largest absolute Gasteiger partial charge is 0.309 e. The van der Waals surface area contributed by atoms with Gasteiger partial charge >= 0.3 is 0 Å². The van der Waals surface area contributed by atoms with Crippen LogP contribution in [0.1, 0.15) is 37.8 Å². The molecular formula is C15H22Cl2N2. The molecule has 0 bridgehead atoms. The Morgan fingerprint density at radius 1 is 1.37 bits per heavy atom. The molecule has 0 aliphatic carbocycles. The predicted molar refractivity (Wildman–Crippen MR) is 83.1 cm³/mol. The van der Waals surface area contributed by atoms with E-state index in [1.165, 1.54) is 25.8 Å². The van der Waals surface area contributed by atoms with Crippen LogP contribution in [-0.2, 0) is 0 Å². The van der Waals surface area contributed by atoms with Gasteiger partial charge in [-0.3, -0.25) is 0 Å². The molecule has 1 aromatic carbocycles. The number of hydrogen-bond donors (Lipinski definition) is 1. The van der Waals surface area contributed by atoms with Gasteiger partial charge in [0.15, 0.2) is 0 Å². The molecule has 0 saturated carbocycles. The summed E-state index contributed by atoms with van der Waals surface area (Å²) in [6.45, 7) is 4.35. The smallest absolute Gasteiger partial charge is 0.0454 e. The Bertz CT molecular complexity index is 423.